The maximum Gasteiger partial charge on any atom is 0.253 e. The predicted octanol–water partition coefficient (Wildman–Crippen LogP) is 0.858. The van der Waals surface area contributed by atoms with Crippen LogP contribution in [0.4, 0.5) is 0 Å². The highest BCUT2D eigenvalue weighted by atomic mass is 16.1. The van der Waals surface area contributed by atoms with Gasteiger partial charge in [-0.3, -0.25) is 14.2 Å². The lowest BCUT2D eigenvalue weighted by Gasteiger charge is -2.16. The third-order valence-corrected chi connectivity index (χ3v) is 1.94. The highest BCUT2D eigenvalue weighted by molar-refractivity contribution is 5.83. The molecule has 1 heterocycles. The number of nitrogens with zero attached hydrogens (tertiary/aromatic N) is 2. The summed E-state index contributed by atoms with van der Waals surface area (Å²) in [5.74, 6) is 0.0209. The first-order chi connectivity index (χ1) is 6.41. The second-order valence-corrected chi connectivity index (χ2v) is 4.22. The number of carbonyl (C=O) groups excluding carboxylic acids is 1. The van der Waals surface area contributed by atoms with Gasteiger partial charge >= 0.3 is 0 Å². The number of rotatable bonds is 2. The van der Waals surface area contributed by atoms with Crippen molar-refractivity contribution in [1.29, 1.82) is 0 Å². The summed E-state index contributed by atoms with van der Waals surface area (Å²) < 4.78 is 1.31. The summed E-state index contributed by atoms with van der Waals surface area (Å²) >= 11 is 0. The van der Waals surface area contributed by atoms with Gasteiger partial charge in [0.05, 0.1) is 12.9 Å². The first-order valence-electron chi connectivity index (χ1n) is 4.45. The monoisotopic (exact) mass is 194 g/mol. The minimum absolute atomic E-state index is 0.0209. The molecule has 0 bridgehead atoms. The normalized spacial score (nSPS) is 11.4. The summed E-state index contributed by atoms with van der Waals surface area (Å²) in [5.41, 5.74) is -0.618. The Labute approximate surface area is 82.6 Å². The molecule has 0 spiro atoms. The largest absolute Gasteiger partial charge is 0.297 e. The Morgan fingerprint density at radius 1 is 1.50 bits per heavy atom. The lowest BCUT2D eigenvalue weighted by molar-refractivity contribution is -0.126. The van der Waals surface area contributed by atoms with E-state index in [1.165, 1.54) is 23.2 Å². The number of ketones is 1. The Balaban J connectivity index is 2.86. The van der Waals surface area contributed by atoms with Gasteiger partial charge < -0.3 is 0 Å². The van der Waals surface area contributed by atoms with Crippen LogP contribution >= 0.6 is 0 Å². The number of aromatic nitrogens is 2. The van der Waals surface area contributed by atoms with Crippen LogP contribution in [0.15, 0.2) is 23.4 Å². The maximum atomic E-state index is 11.6. The highest BCUT2D eigenvalue weighted by Crippen LogP contribution is 2.14. The van der Waals surface area contributed by atoms with Gasteiger partial charge in [-0.25, -0.2) is 4.98 Å². The Morgan fingerprint density at radius 2 is 2.14 bits per heavy atom. The summed E-state index contributed by atoms with van der Waals surface area (Å²) in [6.07, 6.45) is 2.80. The van der Waals surface area contributed by atoms with Gasteiger partial charge in [0.2, 0.25) is 0 Å². The summed E-state index contributed by atoms with van der Waals surface area (Å²) in [7, 11) is 0. The van der Waals surface area contributed by atoms with Crippen LogP contribution in [0.25, 0.3) is 0 Å². The Bertz CT molecular complexity index is 388. The molecule has 0 aliphatic carbocycles. The lowest BCUT2D eigenvalue weighted by atomic mass is 9.91. The first-order valence-corrected chi connectivity index (χ1v) is 4.45. The van der Waals surface area contributed by atoms with Crippen molar-refractivity contribution >= 4 is 5.78 Å². The standard InChI is InChI=1S/C10H14N2O2/c1-10(2,3)8(13)6-12-7-11-5-4-9(12)14/h4-5,7H,6H2,1-3H3. The molecule has 0 saturated carbocycles. The van der Waals surface area contributed by atoms with Crippen molar-refractivity contribution in [2.75, 3.05) is 0 Å². The molecule has 0 atom stereocenters. The molecule has 1 aromatic heterocycles. The van der Waals surface area contributed by atoms with Gasteiger partial charge in [0.25, 0.3) is 5.56 Å². The molecule has 0 unspecified atom stereocenters. The van der Waals surface area contributed by atoms with E-state index in [2.05, 4.69) is 4.98 Å². The number of Topliss-reactive ketones (excluding diaryl/α,β-unsaturated/α-hetero) is 1. The first kappa shape index (κ1) is 10.6. The van der Waals surface area contributed by atoms with Crippen LogP contribution in [0.3, 0.4) is 0 Å². The van der Waals surface area contributed by atoms with E-state index < -0.39 is 5.41 Å². The Hall–Kier alpha value is -1.45. The quantitative estimate of drug-likeness (QED) is 0.701. The molecule has 76 valence electrons. The fourth-order valence-electron chi connectivity index (χ4n) is 0.889. The SMILES string of the molecule is CC(C)(C)C(=O)Cn1cnccc1=O. The molecular formula is C10H14N2O2. The molecule has 4 heteroatoms. The van der Waals surface area contributed by atoms with Crippen molar-refractivity contribution < 1.29 is 4.79 Å². The van der Waals surface area contributed by atoms with Crippen LogP contribution in [0, 0.1) is 5.41 Å². The van der Waals surface area contributed by atoms with Crippen LogP contribution in [-0.2, 0) is 11.3 Å². The molecule has 4 nitrogen and oxygen atoms in total. The third-order valence-electron chi connectivity index (χ3n) is 1.94. The number of hydrogen-bond acceptors (Lipinski definition) is 3. The highest BCUT2D eigenvalue weighted by Gasteiger charge is 2.21. The van der Waals surface area contributed by atoms with E-state index in [1.807, 2.05) is 20.8 Å². The van der Waals surface area contributed by atoms with Gasteiger partial charge in [0.15, 0.2) is 5.78 Å². The molecule has 0 N–H and O–H groups in total. The van der Waals surface area contributed by atoms with E-state index in [9.17, 15) is 9.59 Å². The molecule has 14 heavy (non-hydrogen) atoms. The zero-order valence-electron chi connectivity index (χ0n) is 8.65. The van der Waals surface area contributed by atoms with E-state index in [0.717, 1.165) is 0 Å². The van der Waals surface area contributed by atoms with Crippen molar-refractivity contribution in [3.8, 4) is 0 Å². The molecule has 0 aliphatic heterocycles. The van der Waals surface area contributed by atoms with E-state index in [0.29, 0.717) is 0 Å². The second kappa shape index (κ2) is 3.74. The fourth-order valence-corrected chi connectivity index (χ4v) is 0.889. The molecule has 0 saturated heterocycles. The van der Waals surface area contributed by atoms with Crippen LogP contribution in [0.1, 0.15) is 20.8 Å². The summed E-state index contributed by atoms with van der Waals surface area (Å²) in [6, 6.07) is 1.34. The van der Waals surface area contributed by atoms with Crippen molar-refractivity contribution in [2.45, 2.75) is 27.3 Å². The van der Waals surface area contributed by atoms with E-state index in [-0.39, 0.29) is 17.9 Å². The van der Waals surface area contributed by atoms with E-state index in [1.54, 1.807) is 0 Å². The van der Waals surface area contributed by atoms with Crippen molar-refractivity contribution in [3.05, 3.63) is 28.9 Å². The van der Waals surface area contributed by atoms with Gasteiger partial charge in [0, 0.05) is 17.7 Å². The van der Waals surface area contributed by atoms with Crippen LogP contribution in [0.5, 0.6) is 0 Å². The van der Waals surface area contributed by atoms with E-state index in [4.69, 9.17) is 0 Å². The number of hydrogen-bond donors (Lipinski definition) is 0. The molecule has 1 aromatic rings. The summed E-state index contributed by atoms with van der Waals surface area (Å²) in [5, 5.41) is 0. The molecule has 0 fully saturated rings. The fraction of sp³-hybridized carbons (Fsp3) is 0.500. The minimum atomic E-state index is -0.421. The molecule has 0 amide bonds. The average Bonchev–Trinajstić information content (AvgIpc) is 2.07. The maximum absolute atomic E-state index is 11.6. The van der Waals surface area contributed by atoms with Gasteiger partial charge in [-0.05, 0) is 0 Å². The van der Waals surface area contributed by atoms with Crippen LogP contribution in [0.2, 0.25) is 0 Å². The third kappa shape index (κ3) is 2.52. The second-order valence-electron chi connectivity index (χ2n) is 4.22. The molecular weight excluding hydrogens is 180 g/mol. The Kier molecular flexibility index (Phi) is 2.84. The molecule has 1 rings (SSSR count). The summed E-state index contributed by atoms with van der Waals surface area (Å²) in [6.45, 7) is 5.58. The van der Waals surface area contributed by atoms with Gasteiger partial charge in [-0.1, -0.05) is 20.8 Å². The smallest absolute Gasteiger partial charge is 0.253 e. The van der Waals surface area contributed by atoms with Crippen molar-refractivity contribution in [1.82, 2.24) is 9.55 Å². The van der Waals surface area contributed by atoms with Gasteiger partial charge in [-0.2, -0.15) is 0 Å². The molecule has 0 aromatic carbocycles. The zero-order valence-corrected chi connectivity index (χ0v) is 8.65. The summed E-state index contributed by atoms with van der Waals surface area (Å²) in [4.78, 5) is 26.6. The zero-order chi connectivity index (χ0) is 10.8. The van der Waals surface area contributed by atoms with E-state index >= 15 is 0 Å². The van der Waals surface area contributed by atoms with Crippen molar-refractivity contribution in [3.63, 3.8) is 0 Å². The molecule has 0 radical (unpaired) electrons. The molecule has 0 aliphatic rings. The lowest BCUT2D eigenvalue weighted by Crippen LogP contribution is -2.30. The predicted molar refractivity (Wildman–Crippen MR) is 53.0 cm³/mol. The van der Waals surface area contributed by atoms with Gasteiger partial charge in [-0.15, -0.1) is 0 Å². The van der Waals surface area contributed by atoms with Gasteiger partial charge in [0.1, 0.15) is 0 Å². The topological polar surface area (TPSA) is 52.0 Å². The van der Waals surface area contributed by atoms with Crippen LogP contribution in [-0.4, -0.2) is 15.3 Å². The minimum Gasteiger partial charge on any atom is -0.297 e. The van der Waals surface area contributed by atoms with Crippen molar-refractivity contribution in [2.24, 2.45) is 5.41 Å². The number of carbonyl (C=O) groups is 1. The Morgan fingerprint density at radius 3 is 2.64 bits per heavy atom. The average molecular weight is 194 g/mol. The van der Waals surface area contributed by atoms with Crippen LogP contribution < -0.4 is 5.56 Å².